The van der Waals surface area contributed by atoms with Gasteiger partial charge in [0.05, 0.1) is 0 Å². The van der Waals surface area contributed by atoms with Gasteiger partial charge in [-0.3, -0.25) is 0 Å². The number of hydrogen-bond acceptors (Lipinski definition) is 2. The Morgan fingerprint density at radius 2 is 2.25 bits per heavy atom. The summed E-state index contributed by atoms with van der Waals surface area (Å²) in [7, 11) is 0. The molecule has 1 unspecified atom stereocenters. The summed E-state index contributed by atoms with van der Waals surface area (Å²) in [5, 5.41) is 3.53. The van der Waals surface area contributed by atoms with E-state index in [2.05, 4.69) is 18.5 Å². The second-order valence-electron chi connectivity index (χ2n) is 4.00. The lowest BCUT2D eigenvalue weighted by Crippen LogP contribution is -2.23. The normalized spacial score (nSPS) is 19.5. The third-order valence-electron chi connectivity index (χ3n) is 2.37. The van der Waals surface area contributed by atoms with Crippen molar-refractivity contribution in [2.75, 3.05) is 25.1 Å². The summed E-state index contributed by atoms with van der Waals surface area (Å²) in [6.45, 7) is 4.76. The summed E-state index contributed by atoms with van der Waals surface area (Å²) in [6, 6.07) is 0. The van der Waals surface area contributed by atoms with Gasteiger partial charge < -0.3 is 5.32 Å². The number of hydrogen-bond donors (Lipinski definition) is 1. The van der Waals surface area contributed by atoms with Crippen LogP contribution >= 0.6 is 11.8 Å². The van der Waals surface area contributed by atoms with Crippen molar-refractivity contribution in [1.29, 1.82) is 0 Å². The molecule has 1 atom stereocenters. The van der Waals surface area contributed by atoms with Gasteiger partial charge in [0.25, 0.3) is 0 Å². The smallest absolute Gasteiger partial charge is 0.00153 e. The molecule has 0 bridgehead atoms. The van der Waals surface area contributed by atoms with Gasteiger partial charge in [-0.05, 0) is 43.4 Å². The van der Waals surface area contributed by atoms with Gasteiger partial charge >= 0.3 is 0 Å². The minimum Gasteiger partial charge on any atom is -0.316 e. The maximum atomic E-state index is 3.53. The van der Waals surface area contributed by atoms with E-state index in [1.54, 1.807) is 0 Å². The maximum Gasteiger partial charge on any atom is -0.00153 e. The van der Waals surface area contributed by atoms with Crippen LogP contribution in [0.15, 0.2) is 0 Å². The van der Waals surface area contributed by atoms with Crippen molar-refractivity contribution in [1.82, 2.24) is 5.32 Å². The van der Waals surface area contributed by atoms with Crippen LogP contribution < -0.4 is 5.32 Å². The molecular weight excluding hydrogens is 166 g/mol. The molecule has 1 N–H and O–H groups in total. The fourth-order valence-corrected chi connectivity index (χ4v) is 2.09. The highest BCUT2D eigenvalue weighted by Gasteiger charge is 2.19. The van der Waals surface area contributed by atoms with Crippen LogP contribution in [0.1, 0.15) is 26.2 Å². The van der Waals surface area contributed by atoms with Gasteiger partial charge in [-0.2, -0.15) is 11.8 Å². The second-order valence-corrected chi connectivity index (χ2v) is 4.91. The number of thioether (sulfide) groups is 1. The van der Waals surface area contributed by atoms with Crippen molar-refractivity contribution < 1.29 is 0 Å². The lowest BCUT2D eigenvalue weighted by atomic mass is 10.2. The highest BCUT2D eigenvalue weighted by molar-refractivity contribution is 7.98. The molecule has 2 heteroatoms. The number of nitrogens with one attached hydrogen (secondary N) is 1. The molecule has 1 rings (SSSR count). The highest BCUT2D eigenvalue weighted by atomic mass is 32.2. The van der Waals surface area contributed by atoms with Gasteiger partial charge in [-0.25, -0.2) is 0 Å². The Bertz CT molecular complexity index is 112. The van der Waals surface area contributed by atoms with Crippen LogP contribution in [0, 0.1) is 11.8 Å². The first-order valence-corrected chi connectivity index (χ1v) is 6.42. The Kier molecular flexibility index (Phi) is 5.08. The van der Waals surface area contributed by atoms with Gasteiger partial charge in [0, 0.05) is 0 Å². The molecule has 72 valence electrons. The van der Waals surface area contributed by atoms with Crippen molar-refractivity contribution in [3.8, 4) is 0 Å². The van der Waals surface area contributed by atoms with Crippen molar-refractivity contribution >= 4 is 11.8 Å². The van der Waals surface area contributed by atoms with E-state index < -0.39 is 0 Å². The highest BCUT2D eigenvalue weighted by Crippen LogP contribution is 2.31. The number of rotatable bonds is 7. The van der Waals surface area contributed by atoms with E-state index in [4.69, 9.17) is 0 Å². The summed E-state index contributed by atoms with van der Waals surface area (Å²) in [4.78, 5) is 0. The van der Waals surface area contributed by atoms with Gasteiger partial charge in [0.1, 0.15) is 0 Å². The summed E-state index contributed by atoms with van der Waals surface area (Å²) < 4.78 is 0. The average Bonchev–Trinajstić information content (AvgIpc) is 2.82. The minimum absolute atomic E-state index is 0.833. The van der Waals surface area contributed by atoms with Crippen molar-refractivity contribution in [2.45, 2.75) is 26.2 Å². The summed E-state index contributed by atoms with van der Waals surface area (Å²) >= 11 is 1.95. The average molecular weight is 187 g/mol. The molecule has 0 spiro atoms. The molecular formula is C10H21NS. The molecule has 1 nitrogen and oxygen atoms in total. The SMILES string of the molecule is CSCC(C)CNCCC1CC1. The molecule has 1 saturated carbocycles. The van der Waals surface area contributed by atoms with Crippen molar-refractivity contribution in [3.63, 3.8) is 0 Å². The first-order valence-electron chi connectivity index (χ1n) is 5.02. The van der Waals surface area contributed by atoms with Gasteiger partial charge in [0.15, 0.2) is 0 Å². The van der Waals surface area contributed by atoms with E-state index in [0.29, 0.717) is 0 Å². The minimum atomic E-state index is 0.833. The quantitative estimate of drug-likeness (QED) is 0.614. The Balaban J connectivity index is 1.80. The molecule has 0 aliphatic heterocycles. The molecule has 0 amide bonds. The van der Waals surface area contributed by atoms with Gasteiger partial charge in [-0.1, -0.05) is 19.8 Å². The van der Waals surface area contributed by atoms with Gasteiger partial charge in [0.2, 0.25) is 0 Å². The molecule has 1 aliphatic rings. The van der Waals surface area contributed by atoms with E-state index in [1.807, 2.05) is 11.8 Å². The molecule has 0 heterocycles. The Morgan fingerprint density at radius 1 is 1.50 bits per heavy atom. The molecule has 0 aromatic rings. The monoisotopic (exact) mass is 187 g/mol. The van der Waals surface area contributed by atoms with E-state index in [1.165, 1.54) is 38.1 Å². The largest absolute Gasteiger partial charge is 0.316 e. The predicted molar refractivity (Wildman–Crippen MR) is 57.8 cm³/mol. The van der Waals surface area contributed by atoms with E-state index in [-0.39, 0.29) is 0 Å². The Labute approximate surface area is 80.7 Å². The fraction of sp³-hybridized carbons (Fsp3) is 1.00. The maximum absolute atomic E-state index is 3.53. The molecule has 0 saturated heterocycles. The lowest BCUT2D eigenvalue weighted by molar-refractivity contribution is 0.536. The zero-order valence-electron chi connectivity index (χ0n) is 8.31. The molecule has 12 heavy (non-hydrogen) atoms. The fourth-order valence-electron chi connectivity index (χ4n) is 1.40. The summed E-state index contributed by atoms with van der Waals surface area (Å²) in [5.41, 5.74) is 0. The molecule has 0 aromatic carbocycles. The molecule has 0 radical (unpaired) electrons. The van der Waals surface area contributed by atoms with Crippen LogP contribution in [0.2, 0.25) is 0 Å². The van der Waals surface area contributed by atoms with E-state index in [0.717, 1.165) is 11.8 Å². The van der Waals surface area contributed by atoms with Crippen LogP contribution in [0.5, 0.6) is 0 Å². The molecule has 1 aliphatic carbocycles. The Morgan fingerprint density at radius 3 is 2.83 bits per heavy atom. The lowest BCUT2D eigenvalue weighted by Gasteiger charge is -2.10. The standard InChI is InChI=1S/C10H21NS/c1-9(8-12-2)7-11-6-5-10-3-4-10/h9-11H,3-8H2,1-2H3. The predicted octanol–water partition coefficient (Wildman–Crippen LogP) is 2.38. The first kappa shape index (κ1) is 10.4. The van der Waals surface area contributed by atoms with Gasteiger partial charge in [-0.15, -0.1) is 0 Å². The second kappa shape index (κ2) is 5.87. The van der Waals surface area contributed by atoms with E-state index in [9.17, 15) is 0 Å². The van der Waals surface area contributed by atoms with Crippen molar-refractivity contribution in [3.05, 3.63) is 0 Å². The topological polar surface area (TPSA) is 12.0 Å². The van der Waals surface area contributed by atoms with Crippen LogP contribution in [-0.2, 0) is 0 Å². The van der Waals surface area contributed by atoms with Crippen LogP contribution in [-0.4, -0.2) is 25.1 Å². The molecule has 1 fully saturated rings. The third-order valence-corrected chi connectivity index (χ3v) is 3.27. The Hall–Kier alpha value is 0.310. The van der Waals surface area contributed by atoms with Crippen molar-refractivity contribution in [2.24, 2.45) is 11.8 Å². The first-order chi connectivity index (χ1) is 5.83. The summed E-state index contributed by atoms with van der Waals surface area (Å²) in [5.74, 6) is 3.20. The molecule has 0 aromatic heterocycles. The van der Waals surface area contributed by atoms with Crippen LogP contribution in [0.3, 0.4) is 0 Å². The summed E-state index contributed by atoms with van der Waals surface area (Å²) in [6.07, 6.45) is 6.57. The van der Waals surface area contributed by atoms with Crippen LogP contribution in [0.4, 0.5) is 0 Å². The zero-order valence-corrected chi connectivity index (χ0v) is 9.12. The van der Waals surface area contributed by atoms with Crippen LogP contribution in [0.25, 0.3) is 0 Å². The van der Waals surface area contributed by atoms with E-state index >= 15 is 0 Å². The zero-order chi connectivity index (χ0) is 8.81. The third kappa shape index (κ3) is 5.04.